The number of hydrogen-bond donors (Lipinski definition) is 0. The third-order valence-corrected chi connectivity index (χ3v) is 7.66. The molecule has 7 heteroatoms. The Bertz CT molecular complexity index is 982. The van der Waals surface area contributed by atoms with Gasteiger partial charge in [0.15, 0.2) is 0 Å². The zero-order valence-electron chi connectivity index (χ0n) is 16.6. The number of piperidine rings is 1. The summed E-state index contributed by atoms with van der Waals surface area (Å²) in [5.74, 6) is 0.252. The van der Waals surface area contributed by atoms with Crippen LogP contribution in [0.5, 0.6) is 5.75 Å². The molecule has 0 radical (unpaired) electrons. The van der Waals surface area contributed by atoms with Gasteiger partial charge in [-0.25, -0.2) is 12.7 Å². The number of ether oxygens (including phenoxy) is 1. The molecule has 1 saturated heterocycles. The SMILES string of the molecule is COc1ccc(C(CCN2CCCCC2)N2C(=O)c3ccccc3S2(=O)=O)cc1. The average Bonchev–Trinajstić information content (AvgIpc) is 2.96. The van der Waals surface area contributed by atoms with Gasteiger partial charge in [0.2, 0.25) is 0 Å². The smallest absolute Gasteiger partial charge is 0.269 e. The lowest BCUT2D eigenvalue weighted by Crippen LogP contribution is -2.38. The molecule has 154 valence electrons. The molecular formula is C22H26N2O4S. The molecule has 29 heavy (non-hydrogen) atoms. The zero-order valence-corrected chi connectivity index (χ0v) is 17.4. The van der Waals surface area contributed by atoms with E-state index in [9.17, 15) is 13.2 Å². The molecule has 0 spiro atoms. The van der Waals surface area contributed by atoms with Crippen LogP contribution in [0.3, 0.4) is 0 Å². The van der Waals surface area contributed by atoms with E-state index in [0.717, 1.165) is 29.5 Å². The third-order valence-electron chi connectivity index (χ3n) is 5.81. The predicted octanol–water partition coefficient (Wildman–Crippen LogP) is 3.46. The van der Waals surface area contributed by atoms with Crippen LogP contribution in [-0.2, 0) is 10.0 Å². The molecule has 0 saturated carbocycles. The Hall–Kier alpha value is -2.38. The summed E-state index contributed by atoms with van der Waals surface area (Å²) < 4.78 is 32.8. The highest BCUT2D eigenvalue weighted by Crippen LogP contribution is 2.39. The number of methoxy groups -OCH3 is 1. The van der Waals surface area contributed by atoms with Gasteiger partial charge in [0.25, 0.3) is 15.9 Å². The van der Waals surface area contributed by atoms with Gasteiger partial charge in [-0.2, -0.15) is 0 Å². The zero-order chi connectivity index (χ0) is 20.4. The van der Waals surface area contributed by atoms with Crippen molar-refractivity contribution in [3.8, 4) is 5.75 Å². The minimum Gasteiger partial charge on any atom is -0.497 e. The molecule has 1 amide bonds. The van der Waals surface area contributed by atoms with Gasteiger partial charge in [0.05, 0.1) is 18.7 Å². The minimum absolute atomic E-state index is 0.0986. The van der Waals surface area contributed by atoms with Crippen LogP contribution in [0.15, 0.2) is 53.4 Å². The highest BCUT2D eigenvalue weighted by Gasteiger charge is 2.45. The first kappa shape index (κ1) is 19.9. The van der Waals surface area contributed by atoms with Crippen LogP contribution in [0.4, 0.5) is 0 Å². The molecule has 1 fully saturated rings. The van der Waals surface area contributed by atoms with E-state index in [-0.39, 0.29) is 10.5 Å². The number of carbonyl (C=O) groups is 1. The van der Waals surface area contributed by atoms with E-state index in [4.69, 9.17) is 4.74 Å². The number of rotatable bonds is 6. The summed E-state index contributed by atoms with van der Waals surface area (Å²) in [6.07, 6.45) is 4.14. The fraction of sp³-hybridized carbons (Fsp3) is 0.409. The van der Waals surface area contributed by atoms with E-state index >= 15 is 0 Å². The molecule has 6 nitrogen and oxygen atoms in total. The van der Waals surface area contributed by atoms with Crippen molar-refractivity contribution in [3.05, 3.63) is 59.7 Å². The first-order chi connectivity index (χ1) is 14.0. The van der Waals surface area contributed by atoms with Gasteiger partial charge in [0.1, 0.15) is 10.6 Å². The molecule has 2 aromatic rings. The maximum absolute atomic E-state index is 13.3. The van der Waals surface area contributed by atoms with Crippen LogP contribution >= 0.6 is 0 Å². The second-order valence-electron chi connectivity index (χ2n) is 7.58. The van der Waals surface area contributed by atoms with Gasteiger partial charge in [-0.1, -0.05) is 30.7 Å². The Balaban J connectivity index is 1.68. The largest absolute Gasteiger partial charge is 0.497 e. The summed E-state index contributed by atoms with van der Waals surface area (Å²) in [7, 11) is -2.29. The monoisotopic (exact) mass is 414 g/mol. The van der Waals surface area contributed by atoms with Gasteiger partial charge in [0, 0.05) is 6.54 Å². The lowest BCUT2D eigenvalue weighted by atomic mass is 10.0. The standard InChI is InChI=1S/C22H26N2O4S/c1-28-18-11-9-17(10-12-18)20(13-16-23-14-5-2-6-15-23)24-22(25)19-7-3-4-8-21(19)29(24,26)27/h3-4,7-12,20H,2,5-6,13-16H2,1H3. The molecule has 4 rings (SSSR count). The molecular weight excluding hydrogens is 388 g/mol. The second-order valence-corrected chi connectivity index (χ2v) is 9.37. The first-order valence-corrected chi connectivity index (χ1v) is 11.5. The van der Waals surface area contributed by atoms with Gasteiger partial charge in [-0.15, -0.1) is 0 Å². The van der Waals surface area contributed by atoms with Crippen molar-refractivity contribution in [3.63, 3.8) is 0 Å². The number of nitrogens with zero attached hydrogens (tertiary/aromatic N) is 2. The van der Waals surface area contributed by atoms with E-state index in [1.54, 1.807) is 25.3 Å². The maximum Gasteiger partial charge on any atom is 0.269 e. The number of sulfonamides is 1. The lowest BCUT2D eigenvalue weighted by molar-refractivity contribution is 0.0817. The Morgan fingerprint density at radius 3 is 2.34 bits per heavy atom. The third kappa shape index (κ3) is 3.76. The molecule has 0 aromatic heterocycles. The molecule has 1 unspecified atom stereocenters. The Labute approximate surface area is 172 Å². The summed E-state index contributed by atoms with van der Waals surface area (Å²) in [6, 6.07) is 13.2. The van der Waals surface area contributed by atoms with Crippen molar-refractivity contribution in [2.75, 3.05) is 26.7 Å². The van der Waals surface area contributed by atoms with Crippen LogP contribution < -0.4 is 4.74 Å². The van der Waals surface area contributed by atoms with Gasteiger partial charge in [-0.3, -0.25) is 4.79 Å². The fourth-order valence-electron chi connectivity index (χ4n) is 4.24. The van der Waals surface area contributed by atoms with Crippen molar-refractivity contribution in [2.24, 2.45) is 0 Å². The summed E-state index contributed by atoms with van der Waals surface area (Å²) in [5, 5.41) is 0. The molecule has 0 bridgehead atoms. The Morgan fingerprint density at radius 2 is 1.69 bits per heavy atom. The first-order valence-electron chi connectivity index (χ1n) is 10.1. The Morgan fingerprint density at radius 1 is 1.00 bits per heavy atom. The van der Waals surface area contributed by atoms with Crippen LogP contribution in [-0.4, -0.2) is 50.3 Å². The van der Waals surface area contributed by atoms with E-state index in [2.05, 4.69) is 4.90 Å². The van der Waals surface area contributed by atoms with Crippen molar-refractivity contribution in [1.29, 1.82) is 0 Å². The van der Waals surface area contributed by atoms with Gasteiger partial charge >= 0.3 is 0 Å². The number of likely N-dealkylation sites (tertiary alicyclic amines) is 1. The van der Waals surface area contributed by atoms with Crippen LogP contribution in [0.1, 0.15) is 47.6 Å². The van der Waals surface area contributed by atoms with E-state index < -0.39 is 22.0 Å². The van der Waals surface area contributed by atoms with E-state index in [1.807, 2.05) is 24.3 Å². The van der Waals surface area contributed by atoms with Gasteiger partial charge in [-0.05, 0) is 62.2 Å². The summed E-state index contributed by atoms with van der Waals surface area (Å²) in [4.78, 5) is 15.6. The highest BCUT2D eigenvalue weighted by molar-refractivity contribution is 7.90. The van der Waals surface area contributed by atoms with Gasteiger partial charge < -0.3 is 9.64 Å². The summed E-state index contributed by atoms with van der Waals surface area (Å²) in [6.45, 7) is 2.80. The number of hydrogen-bond acceptors (Lipinski definition) is 5. The normalized spacial score (nSPS) is 19.8. The molecule has 1 atom stereocenters. The number of amides is 1. The van der Waals surface area contributed by atoms with Crippen molar-refractivity contribution in [2.45, 2.75) is 36.6 Å². The summed E-state index contributed by atoms with van der Waals surface area (Å²) in [5.41, 5.74) is 1.05. The molecule has 0 aliphatic carbocycles. The van der Waals surface area contributed by atoms with Crippen LogP contribution in [0.2, 0.25) is 0 Å². The van der Waals surface area contributed by atoms with Crippen molar-refractivity contribution < 1.29 is 17.9 Å². The summed E-state index contributed by atoms with van der Waals surface area (Å²) >= 11 is 0. The number of benzene rings is 2. The average molecular weight is 415 g/mol. The van der Waals surface area contributed by atoms with Crippen LogP contribution in [0.25, 0.3) is 0 Å². The minimum atomic E-state index is -3.88. The molecule has 2 heterocycles. The second kappa shape index (κ2) is 8.16. The lowest BCUT2D eigenvalue weighted by Gasteiger charge is -2.31. The molecule has 2 aliphatic heterocycles. The Kier molecular flexibility index (Phi) is 5.61. The molecule has 0 N–H and O–H groups in total. The maximum atomic E-state index is 13.3. The van der Waals surface area contributed by atoms with Crippen LogP contribution in [0, 0.1) is 0 Å². The van der Waals surface area contributed by atoms with E-state index in [0.29, 0.717) is 12.2 Å². The number of fused-ring (bicyclic) bond motifs is 1. The molecule has 2 aromatic carbocycles. The van der Waals surface area contributed by atoms with Crippen molar-refractivity contribution in [1.82, 2.24) is 9.21 Å². The quantitative estimate of drug-likeness (QED) is 0.724. The van der Waals surface area contributed by atoms with E-state index in [1.165, 1.54) is 25.3 Å². The fourth-order valence-corrected chi connectivity index (χ4v) is 6.02. The highest BCUT2D eigenvalue weighted by atomic mass is 32.2. The number of carbonyl (C=O) groups excluding carboxylic acids is 1. The molecule has 2 aliphatic rings. The van der Waals surface area contributed by atoms with Crippen molar-refractivity contribution >= 4 is 15.9 Å². The predicted molar refractivity (Wildman–Crippen MR) is 110 cm³/mol. The topological polar surface area (TPSA) is 66.9 Å².